The third-order valence-corrected chi connectivity index (χ3v) is 3.95. The number of anilines is 1. The first-order chi connectivity index (χ1) is 14.4. The molecule has 0 aliphatic rings. The normalized spacial score (nSPS) is 10.4. The van der Waals surface area contributed by atoms with Crippen LogP contribution in [0, 0.1) is 10.1 Å². The fourth-order valence-electron chi connectivity index (χ4n) is 2.30. The number of nitrogens with one attached hydrogen (secondary N) is 3. The van der Waals surface area contributed by atoms with Crippen molar-refractivity contribution in [2.24, 2.45) is 0 Å². The van der Waals surface area contributed by atoms with Crippen LogP contribution in [0.1, 0.15) is 15.9 Å². The molecule has 3 N–H and O–H groups in total. The fourth-order valence-corrected chi connectivity index (χ4v) is 2.52. The number of benzene rings is 2. The highest BCUT2D eigenvalue weighted by molar-refractivity contribution is 7.80. The molecule has 0 aliphatic carbocycles. The van der Waals surface area contributed by atoms with Gasteiger partial charge in [-0.05, 0) is 48.1 Å². The number of rotatable bonds is 8. The van der Waals surface area contributed by atoms with Crippen LogP contribution in [0.25, 0.3) is 6.08 Å². The quantitative estimate of drug-likeness (QED) is 0.194. The van der Waals surface area contributed by atoms with Gasteiger partial charge in [0.2, 0.25) is 5.91 Å². The minimum Gasteiger partial charge on any atom is -0.383 e. The monoisotopic (exact) mass is 428 g/mol. The highest BCUT2D eigenvalue weighted by Gasteiger charge is 2.07. The van der Waals surface area contributed by atoms with E-state index < -0.39 is 10.8 Å². The number of carbonyl (C=O) groups is 2. The van der Waals surface area contributed by atoms with Gasteiger partial charge in [-0.25, -0.2) is 0 Å². The van der Waals surface area contributed by atoms with Crippen LogP contribution in [0.3, 0.4) is 0 Å². The zero-order chi connectivity index (χ0) is 21.9. The molecule has 2 aromatic carbocycles. The number of nitrogens with zero attached hydrogens (tertiary/aromatic N) is 1. The van der Waals surface area contributed by atoms with Gasteiger partial charge in [0, 0.05) is 43.1 Å². The van der Waals surface area contributed by atoms with Gasteiger partial charge in [0.25, 0.3) is 11.6 Å². The number of hydrogen-bond donors (Lipinski definition) is 3. The van der Waals surface area contributed by atoms with Gasteiger partial charge in [0.15, 0.2) is 5.11 Å². The Hall–Kier alpha value is -3.63. The molecule has 0 unspecified atom stereocenters. The van der Waals surface area contributed by atoms with Gasteiger partial charge in [0.1, 0.15) is 0 Å². The Bertz CT molecular complexity index is 960. The molecule has 0 saturated carbocycles. The summed E-state index contributed by atoms with van der Waals surface area (Å²) in [5, 5.41) is 18.9. The number of non-ortho nitro benzene ring substituents is 1. The third-order valence-electron chi connectivity index (χ3n) is 3.74. The second kappa shape index (κ2) is 11.4. The van der Waals surface area contributed by atoms with Crippen LogP contribution in [0.5, 0.6) is 0 Å². The van der Waals surface area contributed by atoms with Crippen molar-refractivity contribution >= 4 is 46.6 Å². The van der Waals surface area contributed by atoms with Gasteiger partial charge in [0.05, 0.1) is 11.5 Å². The first-order valence-electron chi connectivity index (χ1n) is 8.81. The average molecular weight is 428 g/mol. The maximum Gasteiger partial charge on any atom is 0.270 e. The summed E-state index contributed by atoms with van der Waals surface area (Å²) < 4.78 is 4.87. The average Bonchev–Trinajstić information content (AvgIpc) is 2.73. The summed E-state index contributed by atoms with van der Waals surface area (Å²) in [6, 6.07) is 12.4. The number of nitro benzene ring substituents is 1. The second-order valence-corrected chi connectivity index (χ2v) is 6.36. The van der Waals surface area contributed by atoms with Crippen molar-refractivity contribution < 1.29 is 19.2 Å². The first kappa shape index (κ1) is 22.7. The molecular weight excluding hydrogens is 408 g/mol. The number of thiocarbonyl (C=S) groups is 1. The van der Waals surface area contributed by atoms with Crippen LogP contribution in [-0.4, -0.2) is 42.1 Å². The molecule has 2 rings (SSSR count). The number of amides is 2. The van der Waals surface area contributed by atoms with E-state index in [4.69, 9.17) is 17.0 Å². The van der Waals surface area contributed by atoms with Crippen molar-refractivity contribution in [3.8, 4) is 0 Å². The summed E-state index contributed by atoms with van der Waals surface area (Å²) in [7, 11) is 1.55. The summed E-state index contributed by atoms with van der Waals surface area (Å²) in [5.74, 6) is -0.714. The van der Waals surface area contributed by atoms with Crippen LogP contribution < -0.4 is 16.0 Å². The fraction of sp³-hybridized carbons (Fsp3) is 0.150. The van der Waals surface area contributed by atoms with Gasteiger partial charge >= 0.3 is 0 Å². The number of carbonyl (C=O) groups excluding carboxylic acids is 2. The Labute approximate surface area is 178 Å². The first-order valence-corrected chi connectivity index (χ1v) is 9.21. The van der Waals surface area contributed by atoms with Crippen LogP contribution in [0.15, 0.2) is 54.6 Å². The molecule has 0 radical (unpaired) electrons. The van der Waals surface area contributed by atoms with E-state index in [1.807, 2.05) is 0 Å². The molecule has 2 aromatic rings. The van der Waals surface area contributed by atoms with E-state index in [0.717, 1.165) is 0 Å². The molecule has 156 valence electrons. The summed E-state index contributed by atoms with van der Waals surface area (Å²) in [4.78, 5) is 34.2. The van der Waals surface area contributed by atoms with Crippen molar-refractivity contribution in [2.45, 2.75) is 0 Å². The minimum atomic E-state index is -0.509. The third kappa shape index (κ3) is 7.41. The Morgan fingerprint density at radius 3 is 2.60 bits per heavy atom. The molecule has 0 heterocycles. The van der Waals surface area contributed by atoms with Crippen LogP contribution in [0.2, 0.25) is 0 Å². The standard InChI is InChI=1S/C20H20N4O5S/c1-29-12-11-21-19(26)15-6-8-16(9-7-15)22-20(30)23-18(25)10-5-14-3-2-4-17(13-14)24(27)28/h2-10,13H,11-12H2,1H3,(H,21,26)(H2,22,23,25,30)/b10-5+. The molecule has 30 heavy (non-hydrogen) atoms. The van der Waals surface area contributed by atoms with Gasteiger partial charge in [-0.1, -0.05) is 12.1 Å². The Kier molecular flexibility index (Phi) is 8.60. The Morgan fingerprint density at radius 1 is 1.20 bits per heavy atom. The van der Waals surface area contributed by atoms with Crippen molar-refractivity contribution in [3.63, 3.8) is 0 Å². The molecule has 10 heteroatoms. The number of methoxy groups -OCH3 is 1. The number of nitro groups is 1. The van der Waals surface area contributed by atoms with Gasteiger partial charge < -0.3 is 15.4 Å². The zero-order valence-corrected chi connectivity index (χ0v) is 16.9. The van der Waals surface area contributed by atoms with Crippen molar-refractivity contribution in [1.82, 2.24) is 10.6 Å². The molecule has 0 fully saturated rings. The topological polar surface area (TPSA) is 123 Å². The van der Waals surface area contributed by atoms with E-state index in [-0.39, 0.29) is 16.7 Å². The Balaban J connectivity index is 1.86. The predicted octanol–water partition coefficient (Wildman–Crippen LogP) is 2.50. The molecular formula is C20H20N4O5S. The summed E-state index contributed by atoms with van der Waals surface area (Å²) >= 11 is 5.09. The lowest BCUT2D eigenvalue weighted by atomic mass is 10.2. The molecule has 2 amide bonds. The maximum absolute atomic E-state index is 12.0. The molecule has 0 saturated heterocycles. The van der Waals surface area contributed by atoms with E-state index in [2.05, 4.69) is 16.0 Å². The molecule has 9 nitrogen and oxygen atoms in total. The van der Waals surface area contributed by atoms with Crippen LogP contribution >= 0.6 is 12.2 Å². The number of hydrogen-bond acceptors (Lipinski definition) is 6. The van der Waals surface area contributed by atoms with E-state index in [0.29, 0.717) is 30.0 Å². The van der Waals surface area contributed by atoms with Crippen LogP contribution in [0.4, 0.5) is 11.4 Å². The van der Waals surface area contributed by atoms with Gasteiger partial charge in [-0.3, -0.25) is 25.0 Å². The summed E-state index contributed by atoms with van der Waals surface area (Å²) in [6.07, 6.45) is 2.67. The lowest BCUT2D eigenvalue weighted by molar-refractivity contribution is -0.384. The second-order valence-electron chi connectivity index (χ2n) is 5.95. The summed E-state index contributed by atoms with van der Waals surface area (Å²) in [6.45, 7) is 0.838. The minimum absolute atomic E-state index is 0.0643. The SMILES string of the molecule is COCCNC(=O)c1ccc(NC(=S)NC(=O)/C=C/c2cccc([N+](=O)[O-])c2)cc1. The molecule has 0 spiro atoms. The van der Waals surface area contributed by atoms with Gasteiger partial charge in [-0.2, -0.15) is 0 Å². The largest absolute Gasteiger partial charge is 0.383 e. The highest BCUT2D eigenvalue weighted by atomic mass is 32.1. The lowest BCUT2D eigenvalue weighted by Gasteiger charge is -2.09. The van der Waals surface area contributed by atoms with Crippen LogP contribution in [-0.2, 0) is 9.53 Å². The maximum atomic E-state index is 12.0. The molecule has 0 aliphatic heterocycles. The number of ether oxygens (including phenoxy) is 1. The predicted molar refractivity (Wildman–Crippen MR) is 117 cm³/mol. The smallest absolute Gasteiger partial charge is 0.270 e. The van der Waals surface area contributed by atoms with Gasteiger partial charge in [-0.15, -0.1) is 0 Å². The van der Waals surface area contributed by atoms with Crippen molar-refractivity contribution in [3.05, 3.63) is 75.8 Å². The van der Waals surface area contributed by atoms with E-state index >= 15 is 0 Å². The lowest BCUT2D eigenvalue weighted by Crippen LogP contribution is -2.32. The molecule has 0 atom stereocenters. The van der Waals surface area contributed by atoms with E-state index in [1.54, 1.807) is 37.4 Å². The van der Waals surface area contributed by atoms with E-state index in [9.17, 15) is 19.7 Å². The molecule has 0 bridgehead atoms. The Morgan fingerprint density at radius 2 is 1.93 bits per heavy atom. The van der Waals surface area contributed by atoms with Crippen molar-refractivity contribution in [1.29, 1.82) is 0 Å². The molecule has 0 aromatic heterocycles. The van der Waals surface area contributed by atoms with E-state index in [1.165, 1.54) is 30.4 Å². The summed E-state index contributed by atoms with van der Waals surface area (Å²) in [5.41, 5.74) is 1.52. The zero-order valence-electron chi connectivity index (χ0n) is 16.1. The van der Waals surface area contributed by atoms with Crippen molar-refractivity contribution in [2.75, 3.05) is 25.6 Å². The highest BCUT2D eigenvalue weighted by Crippen LogP contribution is 2.14.